The highest BCUT2D eigenvalue weighted by Crippen LogP contribution is 2.37. The van der Waals surface area contributed by atoms with Gasteiger partial charge in [0, 0.05) is 44.0 Å². The maximum atomic E-state index is 5.14. The third-order valence-electron chi connectivity index (χ3n) is 9.76. The molecule has 1 unspecified atom stereocenters. The molecule has 0 bridgehead atoms. The van der Waals surface area contributed by atoms with Gasteiger partial charge in [-0.25, -0.2) is 9.98 Å². The summed E-state index contributed by atoms with van der Waals surface area (Å²) < 4.78 is 4.76. The molecule has 7 aromatic carbocycles. The van der Waals surface area contributed by atoms with Gasteiger partial charge < -0.3 is 14.5 Å². The fourth-order valence-electron chi connectivity index (χ4n) is 7.49. The van der Waals surface area contributed by atoms with Crippen LogP contribution in [0.15, 0.2) is 186 Å². The summed E-state index contributed by atoms with van der Waals surface area (Å²) in [7, 11) is 0. The normalized spacial score (nSPS) is 14.6. The number of benzene rings is 7. The van der Waals surface area contributed by atoms with Crippen molar-refractivity contribution in [3.63, 3.8) is 0 Å². The number of nitrogens with one attached hydrogen (secondary N) is 1. The minimum Gasteiger partial charge on any atom is -0.344 e. The van der Waals surface area contributed by atoms with Gasteiger partial charge in [-0.3, -0.25) is 0 Å². The average molecular weight is 642 g/mol. The van der Waals surface area contributed by atoms with Crippen molar-refractivity contribution in [3.05, 3.63) is 193 Å². The number of aliphatic imine (C=N–C) groups is 2. The standard InChI is InChI=1S/C45H31N5/c1-3-14-30(15-4-1)43-46-44(31-16-5-2-6-17-31)48-45(47-43)32-18-13-19-33(28-32)49-41-25-12-9-22-37(41)38-29-34(26-27-42(38)49)50-39-23-10-7-20-35(39)36-21-8-11-24-40(36)50/h1-29,45H,(H,46,47,48). The molecule has 3 heterocycles. The van der Waals surface area contributed by atoms with Crippen LogP contribution in [0.5, 0.6) is 0 Å². The van der Waals surface area contributed by atoms with Crippen LogP contribution in [-0.2, 0) is 0 Å². The van der Waals surface area contributed by atoms with Gasteiger partial charge in [0.1, 0.15) is 12.0 Å². The molecule has 0 spiro atoms. The first kappa shape index (κ1) is 28.3. The van der Waals surface area contributed by atoms with Crippen LogP contribution in [-0.4, -0.2) is 20.8 Å². The van der Waals surface area contributed by atoms with Gasteiger partial charge >= 0.3 is 0 Å². The second kappa shape index (κ2) is 11.5. The van der Waals surface area contributed by atoms with E-state index in [0.29, 0.717) is 5.84 Å². The molecule has 2 aromatic heterocycles. The molecule has 5 nitrogen and oxygen atoms in total. The summed E-state index contributed by atoms with van der Waals surface area (Å²) in [6, 6.07) is 62.1. The van der Waals surface area contributed by atoms with Crippen LogP contribution in [0.3, 0.4) is 0 Å². The highest BCUT2D eigenvalue weighted by Gasteiger charge is 2.22. The van der Waals surface area contributed by atoms with Crippen molar-refractivity contribution in [1.82, 2.24) is 14.5 Å². The van der Waals surface area contributed by atoms with Crippen LogP contribution >= 0.6 is 0 Å². The summed E-state index contributed by atoms with van der Waals surface area (Å²) >= 11 is 0. The first-order chi connectivity index (χ1) is 24.8. The second-order valence-corrected chi connectivity index (χ2v) is 12.7. The highest BCUT2D eigenvalue weighted by atomic mass is 15.2. The number of hydrogen-bond acceptors (Lipinski definition) is 3. The third-order valence-corrected chi connectivity index (χ3v) is 9.76. The molecule has 1 N–H and O–H groups in total. The maximum absolute atomic E-state index is 5.14. The summed E-state index contributed by atoms with van der Waals surface area (Å²) in [5, 5.41) is 8.59. The Kier molecular flexibility index (Phi) is 6.49. The zero-order valence-electron chi connectivity index (χ0n) is 27.1. The molecule has 1 aliphatic heterocycles. The number of hydrogen-bond donors (Lipinski definition) is 1. The SMILES string of the molecule is c1ccc(C2=NC(c3cccc(-n4c5ccccc5c5cc(-n6c7ccccc7c7ccccc76)ccc54)c3)NC(c3ccccc3)=N2)cc1. The Labute approximate surface area is 289 Å². The Hall–Kier alpha value is -6.72. The number of aromatic nitrogens is 2. The predicted molar refractivity (Wildman–Crippen MR) is 207 cm³/mol. The van der Waals surface area contributed by atoms with Crippen molar-refractivity contribution in [2.75, 3.05) is 0 Å². The summed E-state index contributed by atoms with van der Waals surface area (Å²) in [5.74, 6) is 1.53. The van der Waals surface area contributed by atoms with E-state index in [2.05, 4.69) is 154 Å². The first-order valence-electron chi connectivity index (χ1n) is 17.0. The van der Waals surface area contributed by atoms with Crippen molar-refractivity contribution in [2.24, 2.45) is 9.98 Å². The first-order valence-corrected chi connectivity index (χ1v) is 17.0. The molecular weight excluding hydrogens is 611 g/mol. The van der Waals surface area contributed by atoms with Gasteiger partial charge in [0.2, 0.25) is 0 Å². The monoisotopic (exact) mass is 641 g/mol. The average Bonchev–Trinajstić information content (AvgIpc) is 3.71. The predicted octanol–water partition coefficient (Wildman–Crippen LogP) is 10.4. The number of para-hydroxylation sites is 3. The Morgan fingerprint density at radius 3 is 1.58 bits per heavy atom. The summed E-state index contributed by atoms with van der Waals surface area (Å²) in [6.07, 6.45) is -0.312. The minimum absolute atomic E-state index is 0.312. The summed E-state index contributed by atoms with van der Waals surface area (Å²) in [6.45, 7) is 0. The van der Waals surface area contributed by atoms with Crippen molar-refractivity contribution in [1.29, 1.82) is 0 Å². The van der Waals surface area contributed by atoms with E-state index >= 15 is 0 Å². The molecule has 0 saturated carbocycles. The molecule has 10 rings (SSSR count). The van der Waals surface area contributed by atoms with Gasteiger partial charge in [0.15, 0.2) is 5.84 Å². The lowest BCUT2D eigenvalue weighted by molar-refractivity contribution is 0.674. The van der Waals surface area contributed by atoms with Gasteiger partial charge in [0.25, 0.3) is 0 Å². The number of fused-ring (bicyclic) bond motifs is 6. The molecule has 0 amide bonds. The van der Waals surface area contributed by atoms with E-state index in [1.54, 1.807) is 0 Å². The van der Waals surface area contributed by atoms with Crippen molar-refractivity contribution < 1.29 is 0 Å². The minimum atomic E-state index is -0.312. The molecule has 9 aromatic rings. The van der Waals surface area contributed by atoms with Crippen molar-refractivity contribution in [3.8, 4) is 11.4 Å². The van der Waals surface area contributed by atoms with E-state index in [9.17, 15) is 0 Å². The lowest BCUT2D eigenvalue weighted by Crippen LogP contribution is -2.33. The fraction of sp³-hybridized carbons (Fsp3) is 0.0222. The molecular formula is C45H31N5. The molecule has 0 radical (unpaired) electrons. The van der Waals surface area contributed by atoms with Crippen LogP contribution in [0.2, 0.25) is 0 Å². The van der Waals surface area contributed by atoms with E-state index in [4.69, 9.17) is 9.98 Å². The van der Waals surface area contributed by atoms with Gasteiger partial charge in [-0.15, -0.1) is 0 Å². The molecule has 0 saturated heterocycles. The van der Waals surface area contributed by atoms with Crippen LogP contribution in [0, 0.1) is 0 Å². The highest BCUT2D eigenvalue weighted by molar-refractivity contribution is 6.14. The molecule has 5 heteroatoms. The van der Waals surface area contributed by atoms with Gasteiger partial charge in [-0.2, -0.15) is 0 Å². The summed E-state index contributed by atoms with van der Waals surface area (Å²) in [5.41, 5.74) is 10.0. The fourth-order valence-corrected chi connectivity index (χ4v) is 7.49. The zero-order valence-corrected chi connectivity index (χ0v) is 27.1. The van der Waals surface area contributed by atoms with Crippen LogP contribution in [0.4, 0.5) is 0 Å². The largest absolute Gasteiger partial charge is 0.344 e. The third kappa shape index (κ3) is 4.55. The zero-order chi connectivity index (χ0) is 33.0. The van der Waals surface area contributed by atoms with E-state index in [0.717, 1.165) is 44.9 Å². The van der Waals surface area contributed by atoms with E-state index in [1.807, 2.05) is 36.4 Å². The number of nitrogens with zero attached hydrogens (tertiary/aromatic N) is 4. The smallest absolute Gasteiger partial charge is 0.159 e. The molecule has 0 aliphatic carbocycles. The number of amidine groups is 2. The Bertz CT molecular complexity index is 2730. The Balaban J connectivity index is 1.12. The van der Waals surface area contributed by atoms with Gasteiger partial charge in [0.05, 0.1) is 22.1 Å². The van der Waals surface area contributed by atoms with E-state index in [1.165, 1.54) is 32.6 Å². The van der Waals surface area contributed by atoms with Crippen LogP contribution in [0.25, 0.3) is 55.0 Å². The van der Waals surface area contributed by atoms with Crippen LogP contribution in [0.1, 0.15) is 22.9 Å². The molecule has 1 aliphatic rings. The van der Waals surface area contributed by atoms with Gasteiger partial charge in [-0.05, 0) is 54.1 Å². The lowest BCUT2D eigenvalue weighted by Gasteiger charge is -2.24. The second-order valence-electron chi connectivity index (χ2n) is 12.7. The lowest BCUT2D eigenvalue weighted by atomic mass is 10.1. The van der Waals surface area contributed by atoms with Crippen LogP contribution < -0.4 is 5.32 Å². The molecule has 1 atom stereocenters. The maximum Gasteiger partial charge on any atom is 0.159 e. The Morgan fingerprint density at radius 1 is 0.420 bits per heavy atom. The topological polar surface area (TPSA) is 46.6 Å². The Morgan fingerprint density at radius 2 is 0.940 bits per heavy atom. The van der Waals surface area contributed by atoms with Crippen molar-refractivity contribution >= 4 is 55.3 Å². The van der Waals surface area contributed by atoms with Crippen molar-refractivity contribution in [2.45, 2.75) is 6.17 Å². The molecule has 50 heavy (non-hydrogen) atoms. The quantitative estimate of drug-likeness (QED) is 0.200. The van der Waals surface area contributed by atoms with E-state index < -0.39 is 0 Å². The number of rotatable bonds is 5. The molecule has 236 valence electrons. The molecule has 0 fully saturated rings. The van der Waals surface area contributed by atoms with E-state index in [-0.39, 0.29) is 6.17 Å². The van der Waals surface area contributed by atoms with Gasteiger partial charge in [-0.1, -0.05) is 127 Å². The summed E-state index contributed by atoms with van der Waals surface area (Å²) in [4.78, 5) is 10.1.